The molecule has 1 saturated carbocycles. The molecular formula is C17H26N2O2. The summed E-state index contributed by atoms with van der Waals surface area (Å²) in [6.45, 7) is 5.36. The number of rotatable bonds is 5. The van der Waals surface area contributed by atoms with Gasteiger partial charge in [-0.05, 0) is 43.7 Å². The molecule has 1 aromatic carbocycles. The maximum absolute atomic E-state index is 12.0. The van der Waals surface area contributed by atoms with Gasteiger partial charge in [0, 0.05) is 6.54 Å². The molecule has 1 fully saturated rings. The predicted molar refractivity (Wildman–Crippen MR) is 86.4 cm³/mol. The number of para-hydroxylation sites is 1. The van der Waals surface area contributed by atoms with Crippen LogP contribution in [-0.4, -0.2) is 19.1 Å². The molecule has 0 unspecified atom stereocenters. The van der Waals surface area contributed by atoms with E-state index in [0.29, 0.717) is 23.8 Å². The summed E-state index contributed by atoms with van der Waals surface area (Å²) < 4.78 is 5.09. The minimum absolute atomic E-state index is 0.315. The molecule has 0 heterocycles. The lowest BCUT2D eigenvalue weighted by atomic mass is 9.83. The fraction of sp³-hybridized carbons (Fsp3) is 0.588. The highest BCUT2D eigenvalue weighted by molar-refractivity contribution is 5.98. The highest BCUT2D eigenvalue weighted by Gasteiger charge is 2.20. The van der Waals surface area contributed by atoms with Crippen LogP contribution in [0.4, 0.5) is 11.4 Å². The first kappa shape index (κ1) is 15.7. The van der Waals surface area contributed by atoms with E-state index in [-0.39, 0.29) is 5.97 Å². The molecular weight excluding hydrogens is 264 g/mol. The molecule has 0 amide bonds. The van der Waals surface area contributed by atoms with Crippen LogP contribution in [0.1, 0.15) is 49.9 Å². The number of carbonyl (C=O) groups is 1. The van der Waals surface area contributed by atoms with Gasteiger partial charge in [-0.1, -0.05) is 25.8 Å². The molecule has 0 aliphatic heterocycles. The van der Waals surface area contributed by atoms with Crippen LogP contribution < -0.4 is 11.1 Å². The Balaban J connectivity index is 2.03. The first-order chi connectivity index (χ1) is 10.1. The Hall–Kier alpha value is -1.71. The molecule has 1 aliphatic rings. The molecule has 4 nitrogen and oxygen atoms in total. The van der Waals surface area contributed by atoms with Gasteiger partial charge in [0.05, 0.1) is 23.5 Å². The third kappa shape index (κ3) is 4.13. The van der Waals surface area contributed by atoms with Crippen LogP contribution in [0, 0.1) is 11.8 Å². The summed E-state index contributed by atoms with van der Waals surface area (Å²) in [4.78, 5) is 12.0. The van der Waals surface area contributed by atoms with Crippen molar-refractivity contribution in [2.45, 2.75) is 39.5 Å². The smallest absolute Gasteiger partial charge is 0.340 e. The highest BCUT2D eigenvalue weighted by atomic mass is 16.5. The number of hydrogen-bond acceptors (Lipinski definition) is 4. The van der Waals surface area contributed by atoms with Gasteiger partial charge < -0.3 is 15.8 Å². The van der Waals surface area contributed by atoms with Gasteiger partial charge in [0.15, 0.2) is 0 Å². The molecule has 0 aromatic heterocycles. The van der Waals surface area contributed by atoms with Crippen molar-refractivity contribution in [2.75, 3.05) is 24.2 Å². The Labute approximate surface area is 127 Å². The van der Waals surface area contributed by atoms with Crippen LogP contribution in [0.5, 0.6) is 0 Å². The molecule has 0 radical (unpaired) electrons. The van der Waals surface area contributed by atoms with Gasteiger partial charge in [-0.2, -0.15) is 0 Å². The fourth-order valence-corrected chi connectivity index (χ4v) is 2.93. The number of esters is 1. The average molecular weight is 290 g/mol. The summed E-state index contributed by atoms with van der Waals surface area (Å²) in [6.07, 6.45) is 5.08. The van der Waals surface area contributed by atoms with Gasteiger partial charge >= 0.3 is 5.97 Å². The Morgan fingerprint density at radius 1 is 1.33 bits per heavy atom. The van der Waals surface area contributed by atoms with Gasteiger partial charge in [0.2, 0.25) is 0 Å². The largest absolute Gasteiger partial charge is 0.462 e. The maximum Gasteiger partial charge on any atom is 0.340 e. The van der Waals surface area contributed by atoms with E-state index in [1.807, 2.05) is 6.07 Å². The number of nitrogens with two attached hydrogens (primary N) is 1. The minimum atomic E-state index is -0.315. The Morgan fingerprint density at radius 2 is 2.05 bits per heavy atom. The van der Waals surface area contributed by atoms with Crippen LogP contribution in [0.3, 0.4) is 0 Å². The van der Waals surface area contributed by atoms with Crippen LogP contribution in [0.2, 0.25) is 0 Å². The van der Waals surface area contributed by atoms with Crippen molar-refractivity contribution in [3.63, 3.8) is 0 Å². The average Bonchev–Trinajstić information content (AvgIpc) is 2.47. The predicted octanol–water partition coefficient (Wildman–Crippen LogP) is 3.68. The van der Waals surface area contributed by atoms with E-state index in [1.54, 1.807) is 19.1 Å². The second kappa shape index (κ2) is 7.34. The normalized spacial score (nSPS) is 21.8. The van der Waals surface area contributed by atoms with Gasteiger partial charge in [-0.15, -0.1) is 0 Å². The lowest BCUT2D eigenvalue weighted by molar-refractivity contribution is 0.0527. The number of nitrogen functional groups attached to an aromatic ring is 1. The van der Waals surface area contributed by atoms with E-state index in [2.05, 4.69) is 12.2 Å². The quantitative estimate of drug-likeness (QED) is 0.641. The Morgan fingerprint density at radius 3 is 2.71 bits per heavy atom. The molecule has 3 N–H and O–H groups in total. The summed E-state index contributed by atoms with van der Waals surface area (Å²) in [5, 5.41) is 3.38. The van der Waals surface area contributed by atoms with Crippen molar-refractivity contribution < 1.29 is 9.53 Å². The lowest BCUT2D eigenvalue weighted by Crippen LogP contribution is -2.21. The van der Waals surface area contributed by atoms with Crippen LogP contribution in [0.25, 0.3) is 0 Å². The van der Waals surface area contributed by atoms with Gasteiger partial charge in [0.1, 0.15) is 0 Å². The summed E-state index contributed by atoms with van der Waals surface area (Å²) in [6, 6.07) is 5.36. The van der Waals surface area contributed by atoms with E-state index in [9.17, 15) is 4.79 Å². The number of hydrogen-bond donors (Lipinski definition) is 2. The van der Waals surface area contributed by atoms with E-state index < -0.39 is 0 Å². The van der Waals surface area contributed by atoms with Gasteiger partial charge in [-0.3, -0.25) is 0 Å². The zero-order valence-electron chi connectivity index (χ0n) is 13.0. The topological polar surface area (TPSA) is 64.3 Å². The zero-order valence-corrected chi connectivity index (χ0v) is 13.0. The van der Waals surface area contributed by atoms with E-state index >= 15 is 0 Å². The molecule has 116 valence electrons. The molecule has 0 bridgehead atoms. The number of nitrogens with one attached hydrogen (secondary N) is 1. The first-order valence-electron chi connectivity index (χ1n) is 7.91. The van der Waals surface area contributed by atoms with Crippen molar-refractivity contribution in [3.05, 3.63) is 23.8 Å². The van der Waals surface area contributed by atoms with Gasteiger partial charge in [-0.25, -0.2) is 4.79 Å². The standard InChI is InChI=1S/C17H26N2O2/c1-3-21-17(20)14-5-4-6-15(18)16(14)19-11-13-9-7-12(2)8-10-13/h4-6,12-13,19H,3,7-11,18H2,1-2H3. The summed E-state index contributed by atoms with van der Waals surface area (Å²) in [7, 11) is 0. The molecule has 1 aliphatic carbocycles. The third-order valence-corrected chi connectivity index (χ3v) is 4.29. The van der Waals surface area contributed by atoms with Crippen LogP contribution in [0.15, 0.2) is 18.2 Å². The zero-order chi connectivity index (χ0) is 15.2. The SMILES string of the molecule is CCOC(=O)c1cccc(N)c1NCC1CCC(C)CC1. The summed E-state index contributed by atoms with van der Waals surface area (Å²) >= 11 is 0. The van der Waals surface area contributed by atoms with Crippen molar-refractivity contribution in [2.24, 2.45) is 11.8 Å². The van der Waals surface area contributed by atoms with E-state index in [0.717, 1.165) is 18.2 Å². The summed E-state index contributed by atoms with van der Waals surface area (Å²) in [5.74, 6) is 1.19. The molecule has 2 rings (SSSR count). The van der Waals surface area contributed by atoms with Crippen LogP contribution >= 0.6 is 0 Å². The molecule has 4 heteroatoms. The van der Waals surface area contributed by atoms with E-state index in [1.165, 1.54) is 25.7 Å². The molecule has 0 atom stereocenters. The number of ether oxygens (including phenoxy) is 1. The molecule has 1 aromatic rings. The minimum Gasteiger partial charge on any atom is -0.462 e. The lowest BCUT2D eigenvalue weighted by Gasteiger charge is -2.27. The Bertz CT molecular complexity index is 480. The summed E-state index contributed by atoms with van der Waals surface area (Å²) in [5.41, 5.74) is 7.87. The Kier molecular flexibility index (Phi) is 5.48. The second-order valence-electron chi connectivity index (χ2n) is 6.00. The van der Waals surface area contributed by atoms with Crippen molar-refractivity contribution in [3.8, 4) is 0 Å². The second-order valence-corrected chi connectivity index (χ2v) is 6.00. The molecule has 0 spiro atoms. The van der Waals surface area contributed by atoms with Crippen molar-refractivity contribution in [1.82, 2.24) is 0 Å². The van der Waals surface area contributed by atoms with Crippen molar-refractivity contribution >= 4 is 17.3 Å². The van der Waals surface area contributed by atoms with Gasteiger partial charge in [0.25, 0.3) is 0 Å². The van der Waals surface area contributed by atoms with Crippen LogP contribution in [-0.2, 0) is 4.74 Å². The third-order valence-electron chi connectivity index (χ3n) is 4.29. The maximum atomic E-state index is 12.0. The molecule has 21 heavy (non-hydrogen) atoms. The first-order valence-corrected chi connectivity index (χ1v) is 7.91. The highest BCUT2D eigenvalue weighted by Crippen LogP contribution is 2.30. The number of anilines is 2. The monoisotopic (exact) mass is 290 g/mol. The van der Waals surface area contributed by atoms with Crippen molar-refractivity contribution in [1.29, 1.82) is 0 Å². The van der Waals surface area contributed by atoms with E-state index in [4.69, 9.17) is 10.5 Å². The number of carbonyl (C=O) groups excluding carboxylic acids is 1. The fourth-order valence-electron chi connectivity index (χ4n) is 2.93. The molecule has 0 saturated heterocycles. The number of benzene rings is 1.